The Kier molecular flexibility index (Phi) is 3.60. The van der Waals surface area contributed by atoms with E-state index in [1.165, 1.54) is 0 Å². The third-order valence-corrected chi connectivity index (χ3v) is 2.60. The molecule has 5 nitrogen and oxygen atoms in total. The summed E-state index contributed by atoms with van der Waals surface area (Å²) >= 11 is 0. The van der Waals surface area contributed by atoms with Gasteiger partial charge in [-0.15, -0.1) is 17.4 Å². The molecular formula is C10H14BN3O2. The Morgan fingerprint density at radius 1 is 1.69 bits per heavy atom. The van der Waals surface area contributed by atoms with Crippen LogP contribution in [0.25, 0.3) is 0 Å². The highest BCUT2D eigenvalue weighted by atomic mass is 16.6. The number of terminal acetylenes is 1. The predicted octanol–water partition coefficient (Wildman–Crippen LogP) is -0.608. The summed E-state index contributed by atoms with van der Waals surface area (Å²) < 4.78 is 13.0. The SMILES string of the molecule is BC1CC(OCn2ccnn2)C(CC#C)O1. The Morgan fingerprint density at radius 2 is 2.56 bits per heavy atom. The van der Waals surface area contributed by atoms with E-state index in [9.17, 15) is 0 Å². The van der Waals surface area contributed by atoms with E-state index < -0.39 is 0 Å². The molecule has 0 radical (unpaired) electrons. The first-order valence-electron chi connectivity index (χ1n) is 5.34. The molecule has 1 aliphatic heterocycles. The topological polar surface area (TPSA) is 49.2 Å². The van der Waals surface area contributed by atoms with Crippen molar-refractivity contribution in [2.45, 2.75) is 37.8 Å². The van der Waals surface area contributed by atoms with E-state index >= 15 is 0 Å². The van der Waals surface area contributed by atoms with Crippen molar-refractivity contribution in [2.24, 2.45) is 0 Å². The number of ether oxygens (including phenoxy) is 2. The van der Waals surface area contributed by atoms with Crippen LogP contribution in [0.4, 0.5) is 0 Å². The second kappa shape index (κ2) is 5.15. The van der Waals surface area contributed by atoms with Gasteiger partial charge >= 0.3 is 0 Å². The monoisotopic (exact) mass is 219 g/mol. The molecule has 0 aromatic carbocycles. The highest BCUT2D eigenvalue weighted by molar-refractivity contribution is 6.11. The summed E-state index contributed by atoms with van der Waals surface area (Å²) in [7, 11) is 2.03. The Bertz CT molecular complexity index is 363. The molecule has 2 rings (SSSR count). The molecule has 3 unspecified atom stereocenters. The van der Waals surface area contributed by atoms with Crippen molar-refractivity contribution >= 4 is 7.85 Å². The second-order valence-corrected chi connectivity index (χ2v) is 3.91. The lowest BCUT2D eigenvalue weighted by Gasteiger charge is -2.16. The van der Waals surface area contributed by atoms with Gasteiger partial charge < -0.3 is 9.47 Å². The molecule has 1 aromatic rings. The maximum Gasteiger partial charge on any atom is 0.141 e. The lowest BCUT2D eigenvalue weighted by molar-refractivity contribution is -0.0420. The number of nitrogens with zero attached hydrogens (tertiary/aromatic N) is 3. The molecule has 0 saturated carbocycles. The molecule has 1 fully saturated rings. The van der Waals surface area contributed by atoms with Crippen molar-refractivity contribution in [1.82, 2.24) is 15.0 Å². The van der Waals surface area contributed by atoms with Crippen LogP contribution in [-0.2, 0) is 16.2 Å². The van der Waals surface area contributed by atoms with Gasteiger partial charge in [-0.25, -0.2) is 4.68 Å². The van der Waals surface area contributed by atoms with Crippen molar-refractivity contribution in [3.63, 3.8) is 0 Å². The minimum absolute atomic E-state index is 0.00326. The summed E-state index contributed by atoms with van der Waals surface area (Å²) in [6.07, 6.45) is 10.2. The first-order valence-corrected chi connectivity index (χ1v) is 5.34. The minimum atomic E-state index is 0.00326. The van der Waals surface area contributed by atoms with Crippen LogP contribution >= 0.6 is 0 Å². The summed E-state index contributed by atoms with van der Waals surface area (Å²) in [5.74, 6) is 2.61. The Morgan fingerprint density at radius 3 is 3.25 bits per heavy atom. The predicted molar refractivity (Wildman–Crippen MR) is 60.2 cm³/mol. The summed E-state index contributed by atoms with van der Waals surface area (Å²) in [6.45, 7) is 0.391. The first-order chi connectivity index (χ1) is 7.79. The third kappa shape index (κ3) is 2.63. The molecule has 0 amide bonds. The molecule has 6 heteroatoms. The number of hydrogen-bond donors (Lipinski definition) is 0. The van der Waals surface area contributed by atoms with Gasteiger partial charge in [-0.2, -0.15) is 0 Å². The van der Waals surface area contributed by atoms with Gasteiger partial charge in [-0.3, -0.25) is 0 Å². The molecule has 1 aromatic heterocycles. The first kappa shape index (κ1) is 11.2. The van der Waals surface area contributed by atoms with Crippen LogP contribution in [0.2, 0.25) is 0 Å². The normalized spacial score (nSPS) is 29.1. The molecule has 3 atom stereocenters. The van der Waals surface area contributed by atoms with Gasteiger partial charge in [0.1, 0.15) is 14.6 Å². The molecule has 1 saturated heterocycles. The van der Waals surface area contributed by atoms with Crippen LogP contribution in [0.15, 0.2) is 12.4 Å². The Balaban J connectivity index is 1.86. The van der Waals surface area contributed by atoms with Crippen molar-refractivity contribution in [3.8, 4) is 12.3 Å². The molecule has 0 N–H and O–H groups in total. The third-order valence-electron chi connectivity index (χ3n) is 2.60. The molecule has 0 aliphatic carbocycles. The molecule has 0 bridgehead atoms. The van der Waals surface area contributed by atoms with E-state index in [0.29, 0.717) is 13.2 Å². The fourth-order valence-electron chi connectivity index (χ4n) is 1.87. The van der Waals surface area contributed by atoms with Crippen LogP contribution in [-0.4, -0.2) is 41.1 Å². The number of hydrogen-bond acceptors (Lipinski definition) is 4. The molecule has 1 aliphatic rings. The van der Waals surface area contributed by atoms with Crippen molar-refractivity contribution < 1.29 is 9.47 Å². The van der Waals surface area contributed by atoms with Gasteiger partial charge in [0.2, 0.25) is 0 Å². The molecular weight excluding hydrogens is 205 g/mol. The summed E-state index contributed by atoms with van der Waals surface area (Å²) in [5, 5.41) is 7.53. The second-order valence-electron chi connectivity index (χ2n) is 3.91. The highest BCUT2D eigenvalue weighted by Crippen LogP contribution is 2.23. The maximum absolute atomic E-state index is 5.72. The molecule has 0 spiro atoms. The standard InChI is InChI=1S/C10H14BN3O2/c1-2-3-8-9(6-10(11)16-8)15-7-14-5-4-12-13-14/h1,4-5,8-10H,3,6-7,11H2. The van der Waals surface area contributed by atoms with E-state index in [0.717, 1.165) is 6.42 Å². The van der Waals surface area contributed by atoms with Crippen molar-refractivity contribution in [3.05, 3.63) is 12.4 Å². The fourth-order valence-corrected chi connectivity index (χ4v) is 1.87. The van der Waals surface area contributed by atoms with E-state index in [1.54, 1.807) is 17.1 Å². The zero-order chi connectivity index (χ0) is 11.4. The van der Waals surface area contributed by atoms with Crippen LogP contribution in [0.1, 0.15) is 12.8 Å². The fraction of sp³-hybridized carbons (Fsp3) is 0.600. The van der Waals surface area contributed by atoms with Gasteiger partial charge in [0.25, 0.3) is 0 Å². The van der Waals surface area contributed by atoms with Crippen LogP contribution in [0.3, 0.4) is 0 Å². The van der Waals surface area contributed by atoms with E-state index in [4.69, 9.17) is 15.9 Å². The van der Waals surface area contributed by atoms with Gasteiger partial charge in [-0.1, -0.05) is 5.21 Å². The van der Waals surface area contributed by atoms with Crippen LogP contribution in [0, 0.1) is 12.3 Å². The maximum atomic E-state index is 5.72. The molecule has 84 valence electrons. The van der Waals surface area contributed by atoms with Crippen LogP contribution < -0.4 is 0 Å². The lowest BCUT2D eigenvalue weighted by Crippen LogP contribution is -2.25. The lowest BCUT2D eigenvalue weighted by atomic mass is 9.96. The average Bonchev–Trinajstić information content (AvgIpc) is 2.86. The minimum Gasteiger partial charge on any atom is -0.380 e. The summed E-state index contributed by atoms with van der Waals surface area (Å²) in [6, 6.07) is 0.207. The molecule has 16 heavy (non-hydrogen) atoms. The molecule has 2 heterocycles. The van der Waals surface area contributed by atoms with Gasteiger partial charge in [0.05, 0.1) is 18.4 Å². The van der Waals surface area contributed by atoms with Crippen molar-refractivity contribution in [2.75, 3.05) is 0 Å². The highest BCUT2D eigenvalue weighted by Gasteiger charge is 2.32. The van der Waals surface area contributed by atoms with Gasteiger partial charge in [-0.05, 0) is 6.42 Å². The van der Waals surface area contributed by atoms with E-state index in [1.807, 2.05) is 7.85 Å². The quantitative estimate of drug-likeness (QED) is 0.500. The zero-order valence-electron chi connectivity index (χ0n) is 9.24. The number of aromatic nitrogens is 3. The van der Waals surface area contributed by atoms with Crippen LogP contribution in [0.5, 0.6) is 0 Å². The smallest absolute Gasteiger partial charge is 0.141 e. The number of rotatable bonds is 4. The van der Waals surface area contributed by atoms with E-state index in [2.05, 4.69) is 16.2 Å². The van der Waals surface area contributed by atoms with Gasteiger partial charge in [0.15, 0.2) is 0 Å². The van der Waals surface area contributed by atoms with E-state index in [-0.39, 0.29) is 18.2 Å². The van der Waals surface area contributed by atoms with Gasteiger partial charge in [0, 0.05) is 18.6 Å². The Labute approximate surface area is 95.5 Å². The largest absolute Gasteiger partial charge is 0.380 e. The average molecular weight is 219 g/mol. The Hall–Kier alpha value is -1.32. The summed E-state index contributed by atoms with van der Waals surface area (Å²) in [5.41, 5.74) is 0. The summed E-state index contributed by atoms with van der Waals surface area (Å²) in [4.78, 5) is 0. The van der Waals surface area contributed by atoms with Crippen molar-refractivity contribution in [1.29, 1.82) is 0 Å². The zero-order valence-corrected chi connectivity index (χ0v) is 9.24.